The summed E-state index contributed by atoms with van der Waals surface area (Å²) in [6.07, 6.45) is 0. The van der Waals surface area contributed by atoms with E-state index in [-0.39, 0.29) is 5.56 Å². The van der Waals surface area contributed by atoms with Crippen molar-refractivity contribution in [1.29, 1.82) is 0 Å². The molecule has 0 aliphatic heterocycles. The molecule has 0 spiro atoms. The van der Waals surface area contributed by atoms with Crippen LogP contribution in [0.3, 0.4) is 0 Å². The fourth-order valence-corrected chi connectivity index (χ4v) is 9.06. The van der Waals surface area contributed by atoms with Gasteiger partial charge in [0.25, 0.3) is 5.56 Å². The number of para-hydroxylation sites is 5. The van der Waals surface area contributed by atoms with Crippen molar-refractivity contribution in [3.8, 4) is 39.7 Å². The van der Waals surface area contributed by atoms with Crippen molar-refractivity contribution in [1.82, 2.24) is 23.7 Å². The standard InChI is InChI=1S/C53H33N5O/c59-52-49-41-24-12-15-27-46(41)56(37-18-6-2-7-19-37)51(49)43-33-36(29-31-48(43)57(52)38-20-8-3-9-21-38)35-28-30-47-42(32-35)39-22-11-14-26-45(39)58(47)53-54-44-25-13-10-23-40(44)50(55-53)34-16-4-1-5-17-34/h1-33H. The first-order valence-corrected chi connectivity index (χ1v) is 19.8. The Labute approximate surface area is 338 Å². The van der Waals surface area contributed by atoms with Crippen molar-refractivity contribution < 1.29 is 0 Å². The summed E-state index contributed by atoms with van der Waals surface area (Å²) in [5, 5.41) is 5.85. The van der Waals surface area contributed by atoms with Gasteiger partial charge in [-0.2, -0.15) is 0 Å². The van der Waals surface area contributed by atoms with Crippen LogP contribution in [0, 0.1) is 0 Å². The maximum Gasteiger partial charge on any atom is 0.265 e. The van der Waals surface area contributed by atoms with Crippen molar-refractivity contribution >= 4 is 65.4 Å². The van der Waals surface area contributed by atoms with Crippen LogP contribution in [-0.2, 0) is 0 Å². The number of rotatable bonds is 5. The predicted octanol–water partition coefficient (Wildman–Crippen LogP) is 12.5. The molecule has 12 rings (SSSR count). The average molecular weight is 756 g/mol. The third kappa shape index (κ3) is 5.03. The van der Waals surface area contributed by atoms with Crippen molar-refractivity contribution in [2.45, 2.75) is 0 Å². The molecule has 0 aliphatic carbocycles. The number of pyridine rings is 1. The molecule has 0 N–H and O–H groups in total. The van der Waals surface area contributed by atoms with Crippen LogP contribution >= 0.6 is 0 Å². The van der Waals surface area contributed by atoms with Gasteiger partial charge in [0, 0.05) is 43.9 Å². The zero-order valence-corrected chi connectivity index (χ0v) is 31.7. The highest BCUT2D eigenvalue weighted by Gasteiger charge is 2.23. The summed E-state index contributed by atoms with van der Waals surface area (Å²) in [5.41, 5.74) is 11.5. The smallest absolute Gasteiger partial charge is 0.265 e. The number of hydrogen-bond donors (Lipinski definition) is 0. The van der Waals surface area contributed by atoms with Crippen LogP contribution in [0.2, 0.25) is 0 Å². The van der Waals surface area contributed by atoms with Gasteiger partial charge in [0.15, 0.2) is 0 Å². The van der Waals surface area contributed by atoms with Crippen LogP contribution in [0.4, 0.5) is 0 Å². The first-order chi connectivity index (χ1) is 29.2. The summed E-state index contributed by atoms with van der Waals surface area (Å²) in [7, 11) is 0. The molecule has 8 aromatic carbocycles. The lowest BCUT2D eigenvalue weighted by molar-refractivity contribution is 1.01. The molecule has 12 aromatic rings. The van der Waals surface area contributed by atoms with E-state index in [9.17, 15) is 4.79 Å². The third-order valence-corrected chi connectivity index (χ3v) is 11.7. The number of benzene rings is 8. The molecule has 4 aromatic heterocycles. The first-order valence-electron chi connectivity index (χ1n) is 19.8. The lowest BCUT2D eigenvalue weighted by Gasteiger charge is -2.15. The summed E-state index contributed by atoms with van der Waals surface area (Å²) < 4.78 is 6.30. The number of fused-ring (bicyclic) bond motifs is 9. The van der Waals surface area contributed by atoms with Crippen molar-refractivity contribution in [2.75, 3.05) is 0 Å². The van der Waals surface area contributed by atoms with Crippen LogP contribution < -0.4 is 5.56 Å². The topological polar surface area (TPSA) is 57.6 Å². The van der Waals surface area contributed by atoms with Crippen LogP contribution in [0.15, 0.2) is 205 Å². The summed E-state index contributed by atoms with van der Waals surface area (Å²) in [5.74, 6) is 0.627. The average Bonchev–Trinajstić information content (AvgIpc) is 3.83. The zero-order chi connectivity index (χ0) is 39.0. The Morgan fingerprint density at radius 2 is 0.864 bits per heavy atom. The predicted molar refractivity (Wildman–Crippen MR) is 242 cm³/mol. The van der Waals surface area contributed by atoms with Crippen molar-refractivity contribution in [3.63, 3.8) is 0 Å². The Hall–Kier alpha value is -8.09. The van der Waals surface area contributed by atoms with E-state index in [0.29, 0.717) is 11.3 Å². The van der Waals surface area contributed by atoms with Crippen LogP contribution in [0.1, 0.15) is 0 Å². The van der Waals surface area contributed by atoms with E-state index in [1.54, 1.807) is 0 Å². The first kappa shape index (κ1) is 33.1. The van der Waals surface area contributed by atoms with Gasteiger partial charge in [-0.15, -0.1) is 0 Å². The van der Waals surface area contributed by atoms with E-state index in [4.69, 9.17) is 9.97 Å². The molecule has 6 nitrogen and oxygen atoms in total. The molecule has 59 heavy (non-hydrogen) atoms. The van der Waals surface area contributed by atoms with Gasteiger partial charge in [0.05, 0.1) is 44.2 Å². The summed E-state index contributed by atoms with van der Waals surface area (Å²) in [6, 6.07) is 68.7. The van der Waals surface area contributed by atoms with Crippen molar-refractivity contribution in [2.24, 2.45) is 0 Å². The summed E-state index contributed by atoms with van der Waals surface area (Å²) >= 11 is 0. The molecule has 0 saturated carbocycles. The minimum absolute atomic E-state index is 0.0436. The second kappa shape index (κ2) is 13.0. The minimum atomic E-state index is -0.0436. The molecule has 0 bridgehead atoms. The Morgan fingerprint density at radius 1 is 0.356 bits per heavy atom. The Morgan fingerprint density at radius 3 is 1.56 bits per heavy atom. The Kier molecular flexibility index (Phi) is 7.28. The monoisotopic (exact) mass is 755 g/mol. The molecule has 4 heterocycles. The SMILES string of the molecule is O=c1c2c3ccccc3n(-c3ccccc3)c2c2cc(-c3ccc4c(c3)c3ccccc3n4-c3nc(-c4ccccc4)c4ccccc4n3)ccc2n1-c1ccccc1. The molecule has 0 radical (unpaired) electrons. The van der Waals surface area contributed by atoms with E-state index in [1.807, 2.05) is 95.6 Å². The quantitative estimate of drug-likeness (QED) is 0.176. The molecule has 0 amide bonds. The normalized spacial score (nSPS) is 11.8. The summed E-state index contributed by atoms with van der Waals surface area (Å²) in [4.78, 5) is 25.3. The van der Waals surface area contributed by atoms with Crippen LogP contribution in [0.25, 0.3) is 105 Å². The van der Waals surface area contributed by atoms with Crippen LogP contribution in [0.5, 0.6) is 0 Å². The molecule has 0 unspecified atom stereocenters. The lowest BCUT2D eigenvalue weighted by atomic mass is 9.99. The van der Waals surface area contributed by atoms with E-state index < -0.39 is 0 Å². The number of aromatic nitrogens is 5. The van der Waals surface area contributed by atoms with E-state index in [1.165, 1.54) is 0 Å². The molecule has 0 atom stereocenters. The van der Waals surface area contributed by atoms with Gasteiger partial charge in [-0.25, -0.2) is 9.97 Å². The van der Waals surface area contributed by atoms with Gasteiger partial charge in [0.1, 0.15) is 0 Å². The fourth-order valence-electron chi connectivity index (χ4n) is 9.06. The minimum Gasteiger partial charge on any atom is -0.308 e. The molecule has 276 valence electrons. The highest BCUT2D eigenvalue weighted by atomic mass is 16.1. The van der Waals surface area contributed by atoms with E-state index in [2.05, 4.69) is 118 Å². The second-order valence-corrected chi connectivity index (χ2v) is 15.0. The maximum atomic E-state index is 14.9. The van der Waals surface area contributed by atoms with E-state index >= 15 is 0 Å². The molecule has 0 fully saturated rings. The molecule has 6 heteroatoms. The maximum absolute atomic E-state index is 14.9. The Bertz CT molecular complexity index is 3680. The molecule has 0 saturated heterocycles. The van der Waals surface area contributed by atoms with Gasteiger partial charge >= 0.3 is 0 Å². The van der Waals surface area contributed by atoms with E-state index in [0.717, 1.165) is 93.8 Å². The fraction of sp³-hybridized carbons (Fsp3) is 0. The van der Waals surface area contributed by atoms with Crippen LogP contribution in [-0.4, -0.2) is 23.7 Å². The summed E-state index contributed by atoms with van der Waals surface area (Å²) in [6.45, 7) is 0. The second-order valence-electron chi connectivity index (χ2n) is 15.0. The number of nitrogens with zero attached hydrogens (tertiary/aromatic N) is 5. The third-order valence-electron chi connectivity index (χ3n) is 11.7. The van der Waals surface area contributed by atoms with Gasteiger partial charge in [-0.05, 0) is 77.9 Å². The number of hydrogen-bond acceptors (Lipinski definition) is 3. The highest BCUT2D eigenvalue weighted by molar-refractivity contribution is 6.18. The largest absolute Gasteiger partial charge is 0.308 e. The highest BCUT2D eigenvalue weighted by Crippen LogP contribution is 2.39. The van der Waals surface area contributed by atoms with Gasteiger partial charge in [-0.1, -0.05) is 133 Å². The van der Waals surface area contributed by atoms with Gasteiger partial charge in [0.2, 0.25) is 5.95 Å². The molecular formula is C53H33N5O. The lowest BCUT2D eigenvalue weighted by Crippen LogP contribution is -2.19. The Balaban J connectivity index is 1.13. The van der Waals surface area contributed by atoms with Gasteiger partial charge < -0.3 is 4.57 Å². The molecular weight excluding hydrogens is 723 g/mol. The van der Waals surface area contributed by atoms with Gasteiger partial charge in [-0.3, -0.25) is 13.9 Å². The molecule has 0 aliphatic rings. The van der Waals surface area contributed by atoms with Crippen molar-refractivity contribution in [3.05, 3.63) is 211 Å². The zero-order valence-electron chi connectivity index (χ0n) is 31.7.